The van der Waals surface area contributed by atoms with Crippen molar-refractivity contribution in [3.8, 4) is 0 Å². The molecule has 0 radical (unpaired) electrons. The zero-order valence-corrected chi connectivity index (χ0v) is 17.0. The van der Waals surface area contributed by atoms with Crippen LogP contribution in [0.25, 0.3) is 0 Å². The quantitative estimate of drug-likeness (QED) is 0.535. The summed E-state index contributed by atoms with van der Waals surface area (Å²) in [5, 5.41) is 0. The molecule has 0 aliphatic heterocycles. The van der Waals surface area contributed by atoms with Gasteiger partial charge < -0.3 is 9.64 Å². The van der Waals surface area contributed by atoms with E-state index in [9.17, 15) is 14.4 Å². The lowest BCUT2D eigenvalue weighted by Crippen LogP contribution is -2.47. The van der Waals surface area contributed by atoms with Crippen LogP contribution in [0.1, 0.15) is 60.9 Å². The van der Waals surface area contributed by atoms with E-state index in [1.54, 1.807) is 60.4 Å². The lowest BCUT2D eigenvalue weighted by Gasteiger charge is -2.32. The molecule has 0 fully saturated rings. The van der Waals surface area contributed by atoms with Crippen molar-refractivity contribution in [2.45, 2.75) is 52.8 Å². The van der Waals surface area contributed by atoms with E-state index in [1.165, 1.54) is 0 Å². The van der Waals surface area contributed by atoms with E-state index in [4.69, 9.17) is 4.74 Å². The summed E-state index contributed by atoms with van der Waals surface area (Å²) in [5.41, 5.74) is 1.36. The largest absolute Gasteiger partial charge is 0.449 e. The van der Waals surface area contributed by atoms with Crippen molar-refractivity contribution in [1.82, 2.24) is 4.90 Å². The molecule has 5 nitrogen and oxygen atoms in total. The number of carbonyl (C=O) groups excluding carboxylic acids is 3. The van der Waals surface area contributed by atoms with Gasteiger partial charge in [-0.15, -0.1) is 0 Å². The Morgan fingerprint density at radius 1 is 0.714 bits per heavy atom. The molecule has 0 N–H and O–H groups in total. The smallest absolute Gasteiger partial charge is 0.338 e. The fourth-order valence-electron chi connectivity index (χ4n) is 3.11. The van der Waals surface area contributed by atoms with Crippen LogP contribution in [0.5, 0.6) is 0 Å². The SMILES string of the molecule is CC(C)N(C(=O)[C@H](C)OC(=O)c1ccc(C(=O)c2ccccc2)cc1)C(C)C. The summed E-state index contributed by atoms with van der Waals surface area (Å²) in [7, 11) is 0. The normalized spacial score (nSPS) is 12.0. The summed E-state index contributed by atoms with van der Waals surface area (Å²) >= 11 is 0. The Balaban J connectivity index is 2.06. The van der Waals surface area contributed by atoms with Crippen LogP contribution in [0, 0.1) is 0 Å². The number of hydrogen-bond acceptors (Lipinski definition) is 4. The van der Waals surface area contributed by atoms with Gasteiger partial charge >= 0.3 is 5.97 Å². The molecule has 0 bridgehead atoms. The molecule has 5 heteroatoms. The number of hydrogen-bond donors (Lipinski definition) is 0. The lowest BCUT2D eigenvalue weighted by atomic mass is 10.0. The Kier molecular flexibility index (Phi) is 7.10. The van der Waals surface area contributed by atoms with Crippen LogP contribution < -0.4 is 0 Å². The maximum Gasteiger partial charge on any atom is 0.338 e. The second kappa shape index (κ2) is 9.31. The summed E-state index contributed by atoms with van der Waals surface area (Å²) in [6.45, 7) is 9.28. The van der Waals surface area contributed by atoms with E-state index in [-0.39, 0.29) is 23.8 Å². The van der Waals surface area contributed by atoms with Gasteiger partial charge in [-0.05, 0) is 46.8 Å². The number of benzene rings is 2. The monoisotopic (exact) mass is 381 g/mol. The third kappa shape index (κ3) is 5.06. The van der Waals surface area contributed by atoms with Gasteiger partial charge in [-0.1, -0.05) is 42.5 Å². The van der Waals surface area contributed by atoms with Crippen LogP contribution in [0.4, 0.5) is 0 Å². The van der Waals surface area contributed by atoms with Crippen molar-refractivity contribution < 1.29 is 19.1 Å². The highest BCUT2D eigenvalue weighted by Gasteiger charge is 2.28. The maximum atomic E-state index is 12.6. The molecule has 0 saturated carbocycles. The molecule has 0 aliphatic rings. The highest BCUT2D eigenvalue weighted by Crippen LogP contribution is 2.14. The molecule has 28 heavy (non-hydrogen) atoms. The Morgan fingerprint density at radius 3 is 1.68 bits per heavy atom. The van der Waals surface area contributed by atoms with E-state index in [0.29, 0.717) is 16.7 Å². The number of nitrogens with zero attached hydrogens (tertiary/aromatic N) is 1. The summed E-state index contributed by atoms with van der Waals surface area (Å²) in [5.74, 6) is -0.935. The zero-order chi connectivity index (χ0) is 20.8. The Hall–Kier alpha value is -2.95. The molecule has 0 aromatic heterocycles. The molecular weight excluding hydrogens is 354 g/mol. The molecule has 0 unspecified atom stereocenters. The van der Waals surface area contributed by atoms with Crippen LogP contribution >= 0.6 is 0 Å². The van der Waals surface area contributed by atoms with E-state index < -0.39 is 12.1 Å². The predicted molar refractivity (Wildman–Crippen MR) is 108 cm³/mol. The van der Waals surface area contributed by atoms with Crippen LogP contribution in [0.3, 0.4) is 0 Å². The van der Waals surface area contributed by atoms with Crippen molar-refractivity contribution in [3.05, 3.63) is 71.3 Å². The van der Waals surface area contributed by atoms with Gasteiger partial charge in [0, 0.05) is 23.2 Å². The molecule has 0 aliphatic carbocycles. The van der Waals surface area contributed by atoms with Crippen molar-refractivity contribution in [3.63, 3.8) is 0 Å². The number of ether oxygens (including phenoxy) is 1. The number of esters is 1. The molecular formula is C23H27NO4. The van der Waals surface area contributed by atoms with E-state index >= 15 is 0 Å². The fourth-order valence-corrected chi connectivity index (χ4v) is 3.11. The van der Waals surface area contributed by atoms with E-state index in [1.807, 2.05) is 33.8 Å². The average molecular weight is 381 g/mol. The Bertz CT molecular complexity index is 817. The first-order chi connectivity index (χ1) is 13.2. The lowest BCUT2D eigenvalue weighted by molar-refractivity contribution is -0.143. The van der Waals surface area contributed by atoms with Gasteiger partial charge in [0.15, 0.2) is 11.9 Å². The minimum absolute atomic E-state index is 0.0111. The first kappa shape index (κ1) is 21.4. The first-order valence-electron chi connectivity index (χ1n) is 9.45. The van der Waals surface area contributed by atoms with Crippen molar-refractivity contribution >= 4 is 17.7 Å². The molecule has 1 amide bonds. The molecule has 1 atom stereocenters. The average Bonchev–Trinajstić information content (AvgIpc) is 2.67. The topological polar surface area (TPSA) is 63.7 Å². The molecule has 2 aromatic rings. The summed E-state index contributed by atoms with van der Waals surface area (Å²) in [6.07, 6.45) is -0.886. The van der Waals surface area contributed by atoms with Crippen LogP contribution in [-0.2, 0) is 9.53 Å². The number of carbonyl (C=O) groups is 3. The maximum absolute atomic E-state index is 12.6. The Morgan fingerprint density at radius 2 is 1.18 bits per heavy atom. The van der Waals surface area contributed by atoms with Gasteiger partial charge in [-0.2, -0.15) is 0 Å². The van der Waals surface area contributed by atoms with Crippen molar-refractivity contribution in [1.29, 1.82) is 0 Å². The molecule has 148 valence electrons. The Labute approximate surface area is 166 Å². The van der Waals surface area contributed by atoms with E-state index in [2.05, 4.69) is 0 Å². The molecule has 0 spiro atoms. The van der Waals surface area contributed by atoms with Gasteiger partial charge in [0.1, 0.15) is 0 Å². The molecule has 0 saturated heterocycles. The fraction of sp³-hybridized carbons (Fsp3) is 0.348. The third-order valence-electron chi connectivity index (χ3n) is 4.42. The number of ketones is 1. The first-order valence-corrected chi connectivity index (χ1v) is 9.45. The van der Waals surface area contributed by atoms with Crippen LogP contribution in [0.15, 0.2) is 54.6 Å². The second-order valence-corrected chi connectivity index (χ2v) is 7.25. The minimum Gasteiger partial charge on any atom is -0.449 e. The number of rotatable bonds is 7. The van der Waals surface area contributed by atoms with Crippen molar-refractivity contribution in [2.75, 3.05) is 0 Å². The van der Waals surface area contributed by atoms with Crippen molar-refractivity contribution in [2.24, 2.45) is 0 Å². The van der Waals surface area contributed by atoms with Gasteiger partial charge in [0.25, 0.3) is 5.91 Å². The van der Waals surface area contributed by atoms with Gasteiger partial charge in [-0.25, -0.2) is 4.79 Å². The highest BCUT2D eigenvalue weighted by molar-refractivity contribution is 6.09. The van der Waals surface area contributed by atoms with Gasteiger partial charge in [-0.3, -0.25) is 9.59 Å². The summed E-state index contributed by atoms with van der Waals surface area (Å²) in [6, 6.07) is 15.2. The van der Waals surface area contributed by atoms with E-state index in [0.717, 1.165) is 0 Å². The summed E-state index contributed by atoms with van der Waals surface area (Å²) in [4.78, 5) is 39.1. The zero-order valence-electron chi connectivity index (χ0n) is 17.0. The molecule has 0 heterocycles. The summed E-state index contributed by atoms with van der Waals surface area (Å²) < 4.78 is 5.35. The highest BCUT2D eigenvalue weighted by atomic mass is 16.5. The van der Waals surface area contributed by atoms with Gasteiger partial charge in [0.05, 0.1) is 5.56 Å². The van der Waals surface area contributed by atoms with Crippen LogP contribution in [0.2, 0.25) is 0 Å². The standard InChI is InChI=1S/C23H27NO4/c1-15(2)24(16(3)4)22(26)17(5)28-23(27)20-13-11-19(12-14-20)21(25)18-9-7-6-8-10-18/h6-17H,1-5H3/t17-/m0/s1. The number of amides is 1. The third-order valence-corrected chi connectivity index (χ3v) is 4.42. The second-order valence-electron chi connectivity index (χ2n) is 7.25. The predicted octanol–water partition coefficient (Wildman–Crippen LogP) is 4.11. The van der Waals surface area contributed by atoms with Crippen LogP contribution in [-0.4, -0.2) is 40.7 Å². The van der Waals surface area contributed by atoms with Gasteiger partial charge in [0.2, 0.25) is 0 Å². The minimum atomic E-state index is -0.886. The molecule has 2 aromatic carbocycles. The molecule has 2 rings (SSSR count).